The van der Waals surface area contributed by atoms with E-state index in [0.717, 1.165) is 34.5 Å². The number of hydrogen-bond donors (Lipinski definition) is 2. The summed E-state index contributed by atoms with van der Waals surface area (Å²) in [5.74, 6) is 2.72. The summed E-state index contributed by atoms with van der Waals surface area (Å²) >= 11 is 3.38. The lowest BCUT2D eigenvalue weighted by atomic mass is 9.98. The normalized spacial score (nSPS) is 18.3. The number of carbonyl (C=O) groups is 1. The molecule has 3 nitrogen and oxygen atoms in total. The van der Waals surface area contributed by atoms with E-state index >= 15 is 0 Å². The zero-order valence-electron chi connectivity index (χ0n) is 11.6. The number of rotatable bonds is 7. The fourth-order valence-electron chi connectivity index (χ4n) is 2.86. The Kier molecular flexibility index (Phi) is 4.41. The maximum absolute atomic E-state index is 11.9. The maximum Gasteiger partial charge on any atom is 0.238 e. The molecule has 0 aromatic heterocycles. The van der Waals surface area contributed by atoms with Gasteiger partial charge in [-0.05, 0) is 74.2 Å². The SMILES string of the molecule is O=C(CNCC(C1CC1)C1CC1)Nc1ccc(Br)cc1. The molecular weight excluding hydrogens is 316 g/mol. The summed E-state index contributed by atoms with van der Waals surface area (Å²) in [6.45, 7) is 1.41. The van der Waals surface area contributed by atoms with Crippen molar-refractivity contribution in [3.8, 4) is 0 Å². The predicted octanol–water partition coefficient (Wildman–Crippen LogP) is 3.41. The summed E-state index contributed by atoms with van der Waals surface area (Å²) in [5.41, 5.74) is 0.848. The lowest BCUT2D eigenvalue weighted by molar-refractivity contribution is -0.115. The molecule has 4 heteroatoms. The Morgan fingerprint density at radius 2 is 1.75 bits per heavy atom. The Balaban J connectivity index is 1.39. The molecule has 0 heterocycles. The summed E-state index contributed by atoms with van der Waals surface area (Å²) in [7, 11) is 0. The lowest BCUT2D eigenvalue weighted by Crippen LogP contribution is -2.33. The molecular formula is C16H21BrN2O. The van der Waals surface area contributed by atoms with Gasteiger partial charge < -0.3 is 10.6 Å². The average Bonchev–Trinajstić information content (AvgIpc) is 3.29. The zero-order chi connectivity index (χ0) is 13.9. The van der Waals surface area contributed by atoms with E-state index in [1.807, 2.05) is 24.3 Å². The largest absolute Gasteiger partial charge is 0.325 e. The van der Waals surface area contributed by atoms with Gasteiger partial charge in [0.15, 0.2) is 0 Å². The predicted molar refractivity (Wildman–Crippen MR) is 84.6 cm³/mol. The molecule has 1 aromatic carbocycles. The second-order valence-corrected chi connectivity index (χ2v) is 6.94. The fourth-order valence-corrected chi connectivity index (χ4v) is 3.12. The van der Waals surface area contributed by atoms with E-state index in [2.05, 4.69) is 26.6 Å². The molecule has 0 unspecified atom stereocenters. The Bertz CT molecular complexity index is 454. The topological polar surface area (TPSA) is 41.1 Å². The van der Waals surface area contributed by atoms with Gasteiger partial charge in [-0.3, -0.25) is 4.79 Å². The van der Waals surface area contributed by atoms with Crippen molar-refractivity contribution in [2.24, 2.45) is 17.8 Å². The molecule has 1 amide bonds. The first kappa shape index (κ1) is 14.1. The molecule has 0 atom stereocenters. The second kappa shape index (κ2) is 6.27. The van der Waals surface area contributed by atoms with Crippen molar-refractivity contribution in [1.29, 1.82) is 0 Å². The van der Waals surface area contributed by atoms with Gasteiger partial charge >= 0.3 is 0 Å². The van der Waals surface area contributed by atoms with E-state index in [9.17, 15) is 4.79 Å². The van der Waals surface area contributed by atoms with Crippen molar-refractivity contribution >= 4 is 27.5 Å². The highest BCUT2D eigenvalue weighted by Gasteiger charge is 2.40. The first-order valence-corrected chi connectivity index (χ1v) is 8.28. The van der Waals surface area contributed by atoms with Crippen molar-refractivity contribution in [3.63, 3.8) is 0 Å². The van der Waals surface area contributed by atoms with Crippen LogP contribution < -0.4 is 10.6 Å². The minimum Gasteiger partial charge on any atom is -0.325 e. The number of hydrogen-bond acceptors (Lipinski definition) is 2. The summed E-state index contributed by atoms with van der Waals surface area (Å²) in [6.07, 6.45) is 5.59. The van der Waals surface area contributed by atoms with Crippen molar-refractivity contribution < 1.29 is 4.79 Å². The van der Waals surface area contributed by atoms with Crippen LogP contribution in [0.25, 0.3) is 0 Å². The number of carbonyl (C=O) groups excluding carboxylic acids is 1. The molecule has 108 valence electrons. The number of halogens is 1. The molecule has 2 aliphatic carbocycles. The number of amides is 1. The smallest absolute Gasteiger partial charge is 0.238 e. The molecule has 3 rings (SSSR count). The lowest BCUT2D eigenvalue weighted by Gasteiger charge is -2.16. The molecule has 0 saturated heterocycles. The highest BCUT2D eigenvalue weighted by atomic mass is 79.9. The van der Waals surface area contributed by atoms with Gasteiger partial charge in [0, 0.05) is 10.2 Å². The van der Waals surface area contributed by atoms with Gasteiger partial charge in [0.05, 0.1) is 6.54 Å². The van der Waals surface area contributed by atoms with Crippen LogP contribution in [-0.2, 0) is 4.79 Å². The van der Waals surface area contributed by atoms with Gasteiger partial charge in [0.25, 0.3) is 0 Å². The van der Waals surface area contributed by atoms with Gasteiger partial charge in [0.1, 0.15) is 0 Å². The van der Waals surface area contributed by atoms with E-state index in [0.29, 0.717) is 6.54 Å². The van der Waals surface area contributed by atoms with Crippen LogP contribution in [0.4, 0.5) is 5.69 Å². The van der Waals surface area contributed by atoms with Crippen LogP contribution in [0.3, 0.4) is 0 Å². The zero-order valence-corrected chi connectivity index (χ0v) is 13.2. The number of anilines is 1. The Morgan fingerprint density at radius 3 is 2.30 bits per heavy atom. The van der Waals surface area contributed by atoms with Gasteiger partial charge in [-0.25, -0.2) is 0 Å². The van der Waals surface area contributed by atoms with Crippen molar-refractivity contribution in [1.82, 2.24) is 5.32 Å². The molecule has 1 aromatic rings. The van der Waals surface area contributed by atoms with Gasteiger partial charge in [-0.2, -0.15) is 0 Å². The van der Waals surface area contributed by atoms with Crippen LogP contribution in [0.5, 0.6) is 0 Å². The Hall–Kier alpha value is -0.870. The van der Waals surface area contributed by atoms with Gasteiger partial charge in [-0.1, -0.05) is 15.9 Å². The Morgan fingerprint density at radius 1 is 1.15 bits per heavy atom. The molecule has 2 aliphatic rings. The average molecular weight is 337 g/mol. The molecule has 2 fully saturated rings. The Labute approximate surface area is 128 Å². The molecule has 20 heavy (non-hydrogen) atoms. The number of nitrogens with one attached hydrogen (secondary N) is 2. The van der Waals surface area contributed by atoms with Crippen LogP contribution in [0.15, 0.2) is 28.7 Å². The van der Waals surface area contributed by atoms with Crippen molar-refractivity contribution in [3.05, 3.63) is 28.7 Å². The first-order valence-electron chi connectivity index (χ1n) is 7.48. The summed E-state index contributed by atoms with van der Waals surface area (Å²) in [5, 5.41) is 6.25. The minimum absolute atomic E-state index is 0.0395. The molecule has 0 aliphatic heterocycles. The van der Waals surface area contributed by atoms with Crippen LogP contribution in [0, 0.1) is 17.8 Å². The van der Waals surface area contributed by atoms with E-state index in [-0.39, 0.29) is 5.91 Å². The third-order valence-electron chi connectivity index (χ3n) is 4.25. The monoisotopic (exact) mass is 336 g/mol. The van der Waals surface area contributed by atoms with E-state index < -0.39 is 0 Å². The first-order chi connectivity index (χ1) is 9.72. The molecule has 0 radical (unpaired) electrons. The quantitative estimate of drug-likeness (QED) is 0.801. The van der Waals surface area contributed by atoms with Crippen molar-refractivity contribution in [2.45, 2.75) is 25.7 Å². The van der Waals surface area contributed by atoms with E-state index in [1.54, 1.807) is 0 Å². The van der Waals surface area contributed by atoms with E-state index in [1.165, 1.54) is 25.7 Å². The number of benzene rings is 1. The highest BCUT2D eigenvalue weighted by Crippen LogP contribution is 2.48. The molecule has 2 saturated carbocycles. The van der Waals surface area contributed by atoms with Crippen LogP contribution in [-0.4, -0.2) is 19.0 Å². The second-order valence-electron chi connectivity index (χ2n) is 6.02. The third kappa shape index (κ3) is 4.06. The van der Waals surface area contributed by atoms with Crippen LogP contribution >= 0.6 is 15.9 Å². The van der Waals surface area contributed by atoms with Crippen LogP contribution in [0.1, 0.15) is 25.7 Å². The molecule has 0 bridgehead atoms. The molecule has 0 spiro atoms. The van der Waals surface area contributed by atoms with E-state index in [4.69, 9.17) is 0 Å². The molecule has 2 N–H and O–H groups in total. The van der Waals surface area contributed by atoms with Gasteiger partial charge in [-0.15, -0.1) is 0 Å². The summed E-state index contributed by atoms with van der Waals surface area (Å²) < 4.78 is 1.02. The fraction of sp³-hybridized carbons (Fsp3) is 0.562. The minimum atomic E-state index is 0.0395. The van der Waals surface area contributed by atoms with Gasteiger partial charge in [0.2, 0.25) is 5.91 Å². The standard InChI is InChI=1S/C16H21BrN2O/c17-13-5-7-14(8-6-13)19-16(20)10-18-9-15(11-1-2-11)12-3-4-12/h5-8,11-12,15,18H,1-4,9-10H2,(H,19,20). The highest BCUT2D eigenvalue weighted by molar-refractivity contribution is 9.10. The third-order valence-corrected chi connectivity index (χ3v) is 4.78. The summed E-state index contributed by atoms with van der Waals surface area (Å²) in [4.78, 5) is 11.9. The van der Waals surface area contributed by atoms with Crippen molar-refractivity contribution in [2.75, 3.05) is 18.4 Å². The van der Waals surface area contributed by atoms with Crippen LogP contribution in [0.2, 0.25) is 0 Å². The summed E-state index contributed by atoms with van der Waals surface area (Å²) in [6, 6.07) is 7.66. The maximum atomic E-state index is 11.9.